The van der Waals surface area contributed by atoms with Crippen molar-refractivity contribution < 1.29 is 23.5 Å². The van der Waals surface area contributed by atoms with Crippen LogP contribution < -0.4 is 20.7 Å². The minimum Gasteiger partial charge on any atom is -0.489 e. The van der Waals surface area contributed by atoms with Gasteiger partial charge >= 0.3 is 0 Å². The fourth-order valence-electron chi connectivity index (χ4n) is 6.29. The van der Waals surface area contributed by atoms with Gasteiger partial charge in [-0.3, -0.25) is 24.6 Å². The number of amides is 3. The number of halogens is 1. The average Bonchev–Trinajstić information content (AvgIpc) is 3.37. The van der Waals surface area contributed by atoms with Crippen molar-refractivity contribution >= 4 is 23.4 Å². The van der Waals surface area contributed by atoms with Crippen molar-refractivity contribution in [2.75, 3.05) is 37.6 Å². The number of nitrogens with one attached hydrogen (secondary N) is 1. The Balaban J connectivity index is 1.07. The summed E-state index contributed by atoms with van der Waals surface area (Å²) in [4.78, 5) is 42.9. The van der Waals surface area contributed by atoms with E-state index in [1.165, 1.54) is 11.0 Å². The van der Waals surface area contributed by atoms with Crippen molar-refractivity contribution in [3.05, 3.63) is 94.3 Å². The van der Waals surface area contributed by atoms with Gasteiger partial charge in [-0.15, -0.1) is 0 Å². The molecule has 2 atom stereocenters. The molecular formula is C33H33FN6O4. The number of piperidine rings is 1. The zero-order valence-corrected chi connectivity index (χ0v) is 24.2. The lowest BCUT2D eigenvalue weighted by Gasteiger charge is -2.40. The van der Waals surface area contributed by atoms with E-state index in [9.17, 15) is 18.8 Å². The largest absolute Gasteiger partial charge is 0.489 e. The number of nitriles is 1. The lowest BCUT2D eigenvalue weighted by atomic mass is 10.0. The molecule has 10 nitrogen and oxygen atoms in total. The van der Waals surface area contributed by atoms with Gasteiger partial charge in [0.2, 0.25) is 11.8 Å². The number of imide groups is 1. The van der Waals surface area contributed by atoms with Crippen molar-refractivity contribution in [2.45, 2.75) is 38.1 Å². The summed E-state index contributed by atoms with van der Waals surface area (Å²) < 4.78 is 20.7. The number of nitrogens with zero attached hydrogens (tertiary/aromatic N) is 4. The van der Waals surface area contributed by atoms with Gasteiger partial charge in [-0.25, -0.2) is 4.39 Å². The highest BCUT2D eigenvalue weighted by Crippen LogP contribution is 2.34. The number of carbonyl (C=O) groups is 3. The van der Waals surface area contributed by atoms with E-state index in [-0.39, 0.29) is 36.6 Å². The van der Waals surface area contributed by atoms with E-state index in [1.54, 1.807) is 24.3 Å². The number of piperazine rings is 1. The fraction of sp³-hybridized carbons (Fsp3) is 0.333. The number of hydrogen-bond donors (Lipinski definition) is 2. The van der Waals surface area contributed by atoms with Crippen LogP contribution >= 0.6 is 0 Å². The zero-order valence-electron chi connectivity index (χ0n) is 24.2. The molecule has 0 radical (unpaired) electrons. The van der Waals surface area contributed by atoms with Crippen molar-refractivity contribution in [1.29, 1.82) is 5.26 Å². The highest BCUT2D eigenvalue weighted by molar-refractivity contribution is 6.05. The number of ether oxygens (including phenoxy) is 1. The van der Waals surface area contributed by atoms with Crippen LogP contribution in [0.15, 0.2) is 60.7 Å². The van der Waals surface area contributed by atoms with Crippen LogP contribution in [0.5, 0.6) is 5.75 Å². The molecule has 3 aliphatic heterocycles. The van der Waals surface area contributed by atoms with Crippen molar-refractivity contribution in [3.63, 3.8) is 0 Å². The smallest absolute Gasteiger partial charge is 0.255 e. The topological polar surface area (TPSA) is 132 Å². The van der Waals surface area contributed by atoms with Crippen LogP contribution in [0.2, 0.25) is 0 Å². The minimum absolute atomic E-state index is 0.0135. The summed E-state index contributed by atoms with van der Waals surface area (Å²) in [5.74, 6) is -0.791. The molecule has 3 aromatic rings. The van der Waals surface area contributed by atoms with Crippen molar-refractivity contribution in [3.8, 4) is 11.8 Å². The van der Waals surface area contributed by atoms with E-state index < -0.39 is 11.9 Å². The van der Waals surface area contributed by atoms with Crippen LogP contribution in [0.3, 0.4) is 0 Å². The number of nitrogens with two attached hydrogens (primary N) is 1. The van der Waals surface area contributed by atoms with E-state index in [0.29, 0.717) is 55.2 Å². The summed E-state index contributed by atoms with van der Waals surface area (Å²) in [7, 11) is 0. The van der Waals surface area contributed by atoms with Gasteiger partial charge in [0.05, 0.1) is 23.9 Å². The molecule has 0 spiro atoms. The van der Waals surface area contributed by atoms with E-state index >= 15 is 0 Å². The Hall–Kier alpha value is -4.79. The summed E-state index contributed by atoms with van der Waals surface area (Å²) >= 11 is 0. The third kappa shape index (κ3) is 5.74. The predicted octanol–water partition coefficient (Wildman–Crippen LogP) is 2.86. The molecule has 3 amide bonds. The molecule has 44 heavy (non-hydrogen) atoms. The van der Waals surface area contributed by atoms with Crippen LogP contribution in [-0.4, -0.2) is 66.3 Å². The third-order valence-electron chi connectivity index (χ3n) is 8.69. The summed E-state index contributed by atoms with van der Waals surface area (Å²) in [6, 6.07) is 19.3. The zero-order chi connectivity index (χ0) is 30.8. The first-order chi connectivity index (χ1) is 21.4. The van der Waals surface area contributed by atoms with E-state index in [1.807, 2.05) is 41.3 Å². The van der Waals surface area contributed by atoms with E-state index in [4.69, 9.17) is 15.7 Å². The molecule has 0 bridgehead atoms. The Bertz CT molecular complexity index is 1630. The van der Waals surface area contributed by atoms with Crippen LogP contribution in [-0.2, 0) is 22.7 Å². The van der Waals surface area contributed by atoms with Crippen LogP contribution in [0.25, 0.3) is 0 Å². The normalized spacial score (nSPS) is 19.4. The summed E-state index contributed by atoms with van der Waals surface area (Å²) in [6.07, 6.45) is 0.512. The standard InChI is InChI=1S/C33H33FN6O4/c34-26-16-22(17-35)6-9-27(26)38-12-14-39(15-13-38)29(18-36)23-7-4-21(5-8-23)20-44-30-3-1-2-24-25(30)19-40(33(24)43)28-10-11-31(41)37-32(28)42/h1-9,16,28-29H,10-15,18-20,36H2,(H,37,41,42)/t28-,29?/m0/s1. The Kier molecular flexibility index (Phi) is 8.28. The molecule has 3 aromatic carbocycles. The van der Waals surface area contributed by atoms with Gasteiger partial charge < -0.3 is 20.3 Å². The van der Waals surface area contributed by atoms with E-state index in [0.717, 1.165) is 29.8 Å². The molecule has 226 valence electrons. The molecule has 0 saturated carbocycles. The fourth-order valence-corrected chi connectivity index (χ4v) is 6.29. The molecule has 2 fully saturated rings. The van der Waals surface area contributed by atoms with Crippen molar-refractivity contribution in [1.82, 2.24) is 15.1 Å². The minimum atomic E-state index is -0.677. The average molecular weight is 597 g/mol. The van der Waals surface area contributed by atoms with E-state index in [2.05, 4.69) is 10.2 Å². The molecule has 0 aliphatic carbocycles. The number of rotatable bonds is 8. The summed E-state index contributed by atoms with van der Waals surface area (Å²) in [5, 5.41) is 11.3. The Morgan fingerprint density at radius 2 is 1.82 bits per heavy atom. The first-order valence-corrected chi connectivity index (χ1v) is 14.7. The third-order valence-corrected chi connectivity index (χ3v) is 8.69. The summed E-state index contributed by atoms with van der Waals surface area (Å²) in [6.45, 7) is 3.73. The van der Waals surface area contributed by atoms with Crippen LogP contribution in [0, 0.1) is 17.1 Å². The van der Waals surface area contributed by atoms with Gasteiger partial charge in [0.1, 0.15) is 24.2 Å². The van der Waals surface area contributed by atoms with Gasteiger partial charge in [0.25, 0.3) is 5.91 Å². The summed E-state index contributed by atoms with van der Waals surface area (Å²) in [5.41, 5.74) is 10.3. The first kappa shape index (κ1) is 29.3. The number of fused-ring (bicyclic) bond motifs is 1. The molecule has 11 heteroatoms. The molecule has 0 aromatic heterocycles. The molecule has 1 unspecified atom stereocenters. The van der Waals surface area contributed by atoms with Gasteiger partial charge in [-0.1, -0.05) is 30.3 Å². The molecular weight excluding hydrogens is 563 g/mol. The number of benzene rings is 3. The first-order valence-electron chi connectivity index (χ1n) is 14.7. The van der Waals surface area contributed by atoms with Gasteiger partial charge in [-0.2, -0.15) is 5.26 Å². The second-order valence-electron chi connectivity index (χ2n) is 11.3. The quantitative estimate of drug-likeness (QED) is 0.380. The Morgan fingerprint density at radius 1 is 1.05 bits per heavy atom. The second-order valence-corrected chi connectivity index (χ2v) is 11.3. The van der Waals surface area contributed by atoms with Gasteiger partial charge in [-0.05, 0) is 47.9 Å². The second kappa shape index (κ2) is 12.4. The Labute approximate surface area is 254 Å². The SMILES string of the molecule is N#Cc1ccc(N2CCN(C(CN)c3ccc(COc4cccc5c4CN([C@H]4CCC(=O)NC4=O)C5=O)cc3)CC2)c(F)c1. The monoisotopic (exact) mass is 596 g/mol. The van der Waals surface area contributed by atoms with Gasteiger partial charge in [0, 0.05) is 56.3 Å². The van der Waals surface area contributed by atoms with Crippen LogP contribution in [0.1, 0.15) is 51.5 Å². The molecule has 6 rings (SSSR count). The highest BCUT2D eigenvalue weighted by atomic mass is 19.1. The van der Waals surface area contributed by atoms with Crippen LogP contribution in [0.4, 0.5) is 10.1 Å². The maximum atomic E-state index is 14.5. The maximum absolute atomic E-state index is 14.5. The highest BCUT2D eigenvalue weighted by Gasteiger charge is 2.40. The van der Waals surface area contributed by atoms with Gasteiger partial charge in [0.15, 0.2) is 0 Å². The predicted molar refractivity (Wildman–Crippen MR) is 160 cm³/mol. The molecule has 3 aliphatic rings. The number of anilines is 1. The maximum Gasteiger partial charge on any atom is 0.255 e. The number of carbonyl (C=O) groups excluding carboxylic acids is 3. The lowest BCUT2D eigenvalue weighted by Crippen LogP contribution is -2.52. The Morgan fingerprint density at radius 3 is 2.50 bits per heavy atom. The molecule has 2 saturated heterocycles. The number of hydrogen-bond acceptors (Lipinski definition) is 8. The lowest BCUT2D eigenvalue weighted by molar-refractivity contribution is -0.136. The molecule has 3 heterocycles. The molecule has 3 N–H and O–H groups in total. The van der Waals surface area contributed by atoms with Crippen molar-refractivity contribution in [2.24, 2.45) is 5.73 Å².